The van der Waals surface area contributed by atoms with Gasteiger partial charge < -0.3 is 5.32 Å². The average Bonchev–Trinajstić information content (AvgIpc) is 2.30. The monoisotopic (exact) mass is 245 g/mol. The van der Waals surface area contributed by atoms with Crippen LogP contribution < -0.4 is 5.32 Å². The lowest BCUT2D eigenvalue weighted by molar-refractivity contribution is 1.01. The van der Waals surface area contributed by atoms with Crippen LogP contribution in [0, 0.1) is 0 Å². The van der Waals surface area contributed by atoms with Crippen LogP contribution >= 0.6 is 11.8 Å². The fourth-order valence-corrected chi connectivity index (χ4v) is 2.32. The maximum absolute atomic E-state index is 3.77. The van der Waals surface area contributed by atoms with Gasteiger partial charge in [-0.05, 0) is 38.5 Å². The van der Waals surface area contributed by atoms with Crippen molar-refractivity contribution in [3.8, 4) is 0 Å². The van der Waals surface area contributed by atoms with Gasteiger partial charge in [0, 0.05) is 21.2 Å². The van der Waals surface area contributed by atoms with Gasteiger partial charge in [-0.3, -0.25) is 0 Å². The minimum absolute atomic E-state index is 1.13. The van der Waals surface area contributed by atoms with Gasteiger partial charge >= 0.3 is 0 Å². The van der Waals surface area contributed by atoms with Crippen LogP contribution in [0.25, 0.3) is 0 Å². The van der Waals surface area contributed by atoms with Crippen molar-refractivity contribution in [2.75, 3.05) is 0 Å². The lowest BCUT2D eigenvalue weighted by Crippen LogP contribution is -2.16. The molecule has 0 bridgehead atoms. The van der Waals surface area contributed by atoms with Crippen LogP contribution in [0.1, 0.15) is 20.8 Å². The Labute approximate surface area is 108 Å². The highest BCUT2D eigenvalue weighted by molar-refractivity contribution is 8.06. The third kappa shape index (κ3) is 3.82. The van der Waals surface area contributed by atoms with E-state index in [1.165, 1.54) is 9.81 Å². The molecule has 1 nitrogen and oxygen atoms in total. The molecule has 0 fully saturated rings. The molecule has 17 heavy (non-hydrogen) atoms. The lowest BCUT2D eigenvalue weighted by atomic mass is 10.2. The first kappa shape index (κ1) is 13.7. The second-order valence-corrected chi connectivity index (χ2v) is 5.28. The summed E-state index contributed by atoms with van der Waals surface area (Å²) in [6.07, 6.45) is 9.73. The minimum Gasteiger partial charge on any atom is -0.354 e. The van der Waals surface area contributed by atoms with Crippen LogP contribution in [0.3, 0.4) is 0 Å². The van der Waals surface area contributed by atoms with E-state index in [9.17, 15) is 0 Å². The summed E-state index contributed by atoms with van der Waals surface area (Å²) < 4.78 is 0. The van der Waals surface area contributed by atoms with Crippen molar-refractivity contribution in [1.82, 2.24) is 5.32 Å². The molecule has 0 aromatic heterocycles. The van der Waals surface area contributed by atoms with E-state index in [2.05, 4.69) is 38.4 Å². The van der Waals surface area contributed by atoms with Gasteiger partial charge in [0.25, 0.3) is 0 Å². The lowest BCUT2D eigenvalue weighted by Gasteiger charge is -2.20. The summed E-state index contributed by atoms with van der Waals surface area (Å²) in [4.78, 5) is 2.55. The summed E-state index contributed by atoms with van der Waals surface area (Å²) in [5.74, 6) is 0. The van der Waals surface area contributed by atoms with Crippen molar-refractivity contribution in [2.24, 2.45) is 0 Å². The molecular weight excluding hydrogens is 226 g/mol. The van der Waals surface area contributed by atoms with Crippen molar-refractivity contribution in [2.45, 2.75) is 20.8 Å². The number of hydrogen-bond acceptors (Lipinski definition) is 2. The van der Waals surface area contributed by atoms with E-state index in [0.717, 1.165) is 17.0 Å². The number of thioether (sulfide) groups is 1. The predicted molar refractivity (Wildman–Crippen MR) is 79.4 cm³/mol. The van der Waals surface area contributed by atoms with Crippen molar-refractivity contribution in [3.63, 3.8) is 0 Å². The highest BCUT2D eigenvalue weighted by Gasteiger charge is 2.12. The summed E-state index contributed by atoms with van der Waals surface area (Å²) in [5.41, 5.74) is 3.42. The molecule has 0 spiro atoms. The van der Waals surface area contributed by atoms with Crippen molar-refractivity contribution >= 4 is 11.8 Å². The van der Waals surface area contributed by atoms with Gasteiger partial charge in [0.15, 0.2) is 0 Å². The molecule has 90 valence electrons. The molecule has 0 unspecified atom stereocenters. The van der Waals surface area contributed by atoms with Gasteiger partial charge in [-0.25, -0.2) is 0 Å². The van der Waals surface area contributed by atoms with Crippen molar-refractivity contribution in [3.05, 3.63) is 70.3 Å². The minimum atomic E-state index is 1.13. The summed E-state index contributed by atoms with van der Waals surface area (Å²) in [5, 5.41) is 3.43. The highest BCUT2D eigenvalue weighted by Crippen LogP contribution is 2.33. The van der Waals surface area contributed by atoms with E-state index >= 15 is 0 Å². The van der Waals surface area contributed by atoms with Crippen LogP contribution in [0.2, 0.25) is 0 Å². The first-order chi connectivity index (χ1) is 8.08. The quantitative estimate of drug-likeness (QED) is 0.723. The van der Waals surface area contributed by atoms with Crippen molar-refractivity contribution < 1.29 is 0 Å². The van der Waals surface area contributed by atoms with Crippen LogP contribution in [-0.4, -0.2) is 0 Å². The number of rotatable bonds is 4. The van der Waals surface area contributed by atoms with Crippen LogP contribution in [0.5, 0.6) is 0 Å². The Hall–Kier alpha value is -1.41. The predicted octanol–water partition coefficient (Wildman–Crippen LogP) is 4.66. The van der Waals surface area contributed by atoms with E-state index in [4.69, 9.17) is 0 Å². The fourth-order valence-electron chi connectivity index (χ4n) is 1.41. The number of nitrogens with one attached hydrogen (secondary N) is 1. The molecule has 1 N–H and O–H groups in total. The molecule has 1 aliphatic rings. The molecule has 1 aliphatic heterocycles. The zero-order valence-corrected chi connectivity index (χ0v) is 11.5. The smallest absolute Gasteiger partial charge is 0.0484 e. The van der Waals surface area contributed by atoms with Crippen LogP contribution in [0.15, 0.2) is 70.3 Å². The third-order valence-electron chi connectivity index (χ3n) is 2.43. The molecule has 0 aromatic carbocycles. The third-order valence-corrected chi connectivity index (χ3v) is 3.48. The van der Waals surface area contributed by atoms with Gasteiger partial charge in [-0.1, -0.05) is 43.1 Å². The Bertz CT molecular complexity index is 448. The molecule has 0 atom stereocenters. The van der Waals surface area contributed by atoms with E-state index in [-0.39, 0.29) is 0 Å². The van der Waals surface area contributed by atoms with E-state index in [1.54, 1.807) is 17.8 Å². The van der Waals surface area contributed by atoms with Gasteiger partial charge in [-0.2, -0.15) is 0 Å². The normalized spacial score (nSPS) is 17.5. The Morgan fingerprint density at radius 1 is 1.18 bits per heavy atom. The Kier molecular flexibility index (Phi) is 5.11. The summed E-state index contributed by atoms with van der Waals surface area (Å²) in [6, 6.07) is 0. The van der Waals surface area contributed by atoms with Gasteiger partial charge in [0.05, 0.1) is 0 Å². The van der Waals surface area contributed by atoms with Crippen LogP contribution in [0.4, 0.5) is 0 Å². The van der Waals surface area contributed by atoms with Gasteiger partial charge in [0.1, 0.15) is 0 Å². The van der Waals surface area contributed by atoms with Crippen molar-refractivity contribution in [1.29, 1.82) is 0 Å². The standard InChI is InChI=1S/C15H19NS/c1-6-8-9-14-12(4)17-13(5)15(16-14)10-11(3)7-2/h6-10,16H,1-2H2,3-5H3/b9-8-,11-10-. The molecule has 0 saturated carbocycles. The van der Waals surface area contributed by atoms with Crippen LogP contribution in [-0.2, 0) is 0 Å². The molecule has 2 heteroatoms. The SMILES string of the molecule is C=C/C=C\C1=C(C)SC(C)=C(/C=C(/C)C=C)N1. The second kappa shape index (κ2) is 6.36. The zero-order valence-electron chi connectivity index (χ0n) is 10.7. The number of allylic oxidation sites excluding steroid dienone is 8. The zero-order chi connectivity index (χ0) is 12.8. The Morgan fingerprint density at radius 2 is 1.82 bits per heavy atom. The highest BCUT2D eigenvalue weighted by atomic mass is 32.2. The van der Waals surface area contributed by atoms with Gasteiger partial charge in [0.2, 0.25) is 0 Å². The first-order valence-electron chi connectivity index (χ1n) is 5.55. The average molecular weight is 245 g/mol. The van der Waals surface area contributed by atoms with Gasteiger partial charge in [-0.15, -0.1) is 0 Å². The largest absolute Gasteiger partial charge is 0.354 e. The molecule has 0 radical (unpaired) electrons. The Morgan fingerprint density at radius 3 is 2.41 bits per heavy atom. The maximum atomic E-state index is 3.77. The second-order valence-electron chi connectivity index (χ2n) is 3.85. The Balaban J connectivity index is 2.97. The molecule has 1 heterocycles. The molecule has 0 amide bonds. The van der Waals surface area contributed by atoms with E-state index < -0.39 is 0 Å². The maximum Gasteiger partial charge on any atom is 0.0484 e. The first-order valence-corrected chi connectivity index (χ1v) is 6.36. The number of hydrogen-bond donors (Lipinski definition) is 1. The molecule has 0 aromatic rings. The van der Waals surface area contributed by atoms with E-state index in [1.807, 2.05) is 25.2 Å². The summed E-state index contributed by atoms with van der Waals surface area (Å²) in [7, 11) is 0. The molecule has 0 saturated heterocycles. The molecule has 1 rings (SSSR count). The summed E-state index contributed by atoms with van der Waals surface area (Å²) >= 11 is 1.79. The topological polar surface area (TPSA) is 12.0 Å². The van der Waals surface area contributed by atoms with E-state index in [0.29, 0.717) is 0 Å². The summed E-state index contributed by atoms with van der Waals surface area (Å²) in [6.45, 7) is 13.7. The molecular formula is C15H19NS. The molecule has 0 aliphatic carbocycles. The fraction of sp³-hybridized carbons (Fsp3) is 0.200.